The third-order valence-corrected chi connectivity index (χ3v) is 3.49. The maximum atomic E-state index is 12.5. The normalized spacial score (nSPS) is 20.4. The lowest BCUT2D eigenvalue weighted by Crippen LogP contribution is -2.45. The Hall–Kier alpha value is -2.59. The van der Waals surface area contributed by atoms with Crippen molar-refractivity contribution in [2.45, 2.75) is 44.9 Å². The fraction of sp³-hybridized carbons (Fsp3) is 0.471. The van der Waals surface area contributed by atoms with Crippen molar-refractivity contribution in [3.8, 4) is 6.07 Å². The van der Waals surface area contributed by atoms with Gasteiger partial charge in [-0.3, -0.25) is 9.69 Å². The Balaban J connectivity index is 2.08. The summed E-state index contributed by atoms with van der Waals surface area (Å²) in [5.41, 5.74) is 0.322. The lowest BCUT2D eigenvalue weighted by atomic mass is 10.1. The highest BCUT2D eigenvalue weighted by atomic mass is 16.6. The number of carbonyl (C=O) groups excluding carboxylic acids is 2. The molecule has 0 bridgehead atoms. The number of nitriles is 1. The van der Waals surface area contributed by atoms with Crippen LogP contribution in [0.1, 0.15) is 32.8 Å². The van der Waals surface area contributed by atoms with Crippen LogP contribution in [0.4, 0.5) is 10.5 Å². The Bertz CT molecular complexity index is 658. The third-order valence-electron chi connectivity index (χ3n) is 3.49. The summed E-state index contributed by atoms with van der Waals surface area (Å²) in [5.74, 6) is -0.401. The fourth-order valence-corrected chi connectivity index (χ4v) is 2.44. The molecule has 7 heteroatoms. The van der Waals surface area contributed by atoms with Gasteiger partial charge in [-0.15, -0.1) is 0 Å². The SMILES string of the molecule is CC(C)(C)OC(=O)N1C[C@H](O)C[C@H]1C(=O)Nc1ccc(C#N)cc1. The summed E-state index contributed by atoms with van der Waals surface area (Å²) in [5, 5.41) is 21.3. The Morgan fingerprint density at radius 3 is 2.50 bits per heavy atom. The molecule has 0 unspecified atom stereocenters. The molecule has 1 aromatic carbocycles. The van der Waals surface area contributed by atoms with E-state index in [0.29, 0.717) is 11.3 Å². The first-order valence-electron chi connectivity index (χ1n) is 7.68. The van der Waals surface area contributed by atoms with Crippen LogP contribution in [0.5, 0.6) is 0 Å². The number of amides is 2. The Labute approximate surface area is 140 Å². The molecule has 1 aliphatic rings. The summed E-state index contributed by atoms with van der Waals surface area (Å²) in [6.07, 6.45) is -1.24. The van der Waals surface area contributed by atoms with Crippen LogP contribution in [0.25, 0.3) is 0 Å². The number of aliphatic hydroxyl groups is 1. The molecule has 0 spiro atoms. The fourth-order valence-electron chi connectivity index (χ4n) is 2.44. The van der Waals surface area contributed by atoms with E-state index in [9.17, 15) is 14.7 Å². The molecule has 0 saturated carbocycles. The van der Waals surface area contributed by atoms with Crippen molar-refractivity contribution in [3.63, 3.8) is 0 Å². The van der Waals surface area contributed by atoms with Crippen LogP contribution in [-0.2, 0) is 9.53 Å². The zero-order chi connectivity index (χ0) is 17.9. The van der Waals surface area contributed by atoms with Crippen molar-refractivity contribution < 1.29 is 19.4 Å². The van der Waals surface area contributed by atoms with Gasteiger partial charge in [-0.05, 0) is 45.0 Å². The van der Waals surface area contributed by atoms with Gasteiger partial charge in [-0.1, -0.05) is 0 Å². The number of nitrogens with zero attached hydrogens (tertiary/aromatic N) is 2. The molecule has 2 N–H and O–H groups in total. The van der Waals surface area contributed by atoms with E-state index >= 15 is 0 Å². The highest BCUT2D eigenvalue weighted by Gasteiger charge is 2.40. The minimum absolute atomic E-state index is 0.0559. The summed E-state index contributed by atoms with van der Waals surface area (Å²) in [4.78, 5) is 25.9. The van der Waals surface area contributed by atoms with Gasteiger partial charge in [0, 0.05) is 12.1 Å². The number of aliphatic hydroxyl groups excluding tert-OH is 1. The van der Waals surface area contributed by atoms with E-state index in [2.05, 4.69) is 5.32 Å². The van der Waals surface area contributed by atoms with Gasteiger partial charge in [-0.25, -0.2) is 4.79 Å². The van der Waals surface area contributed by atoms with Crippen LogP contribution < -0.4 is 5.32 Å². The molecule has 1 heterocycles. The molecule has 1 aromatic rings. The molecule has 128 valence electrons. The number of carbonyl (C=O) groups is 2. The summed E-state index contributed by atoms with van der Waals surface area (Å²) in [7, 11) is 0. The molecule has 2 rings (SSSR count). The Morgan fingerprint density at radius 1 is 1.33 bits per heavy atom. The first kappa shape index (κ1) is 17.8. The van der Waals surface area contributed by atoms with Gasteiger partial charge in [0.25, 0.3) is 0 Å². The van der Waals surface area contributed by atoms with Crippen LogP contribution in [0.2, 0.25) is 0 Å². The number of likely N-dealkylation sites (tertiary alicyclic amines) is 1. The molecule has 1 saturated heterocycles. The van der Waals surface area contributed by atoms with Gasteiger partial charge >= 0.3 is 6.09 Å². The van der Waals surface area contributed by atoms with Gasteiger partial charge < -0.3 is 15.2 Å². The first-order valence-corrected chi connectivity index (χ1v) is 7.68. The predicted octanol–water partition coefficient (Wildman–Crippen LogP) is 1.87. The van der Waals surface area contributed by atoms with E-state index in [0.717, 1.165) is 0 Å². The maximum Gasteiger partial charge on any atom is 0.411 e. The largest absolute Gasteiger partial charge is 0.444 e. The molecule has 24 heavy (non-hydrogen) atoms. The summed E-state index contributed by atoms with van der Waals surface area (Å²) in [6.45, 7) is 5.27. The predicted molar refractivity (Wildman–Crippen MR) is 87.1 cm³/mol. The van der Waals surface area contributed by atoms with Crippen LogP contribution in [-0.4, -0.2) is 46.3 Å². The Morgan fingerprint density at radius 2 is 1.96 bits per heavy atom. The van der Waals surface area contributed by atoms with Gasteiger partial charge in [0.15, 0.2) is 0 Å². The van der Waals surface area contributed by atoms with Crippen molar-refractivity contribution in [2.24, 2.45) is 0 Å². The highest BCUT2D eigenvalue weighted by Crippen LogP contribution is 2.23. The molecule has 1 aliphatic heterocycles. The third kappa shape index (κ3) is 4.46. The average Bonchev–Trinajstić information content (AvgIpc) is 2.88. The number of benzene rings is 1. The second-order valence-electron chi connectivity index (χ2n) is 6.72. The van der Waals surface area contributed by atoms with Crippen LogP contribution in [0, 0.1) is 11.3 Å². The van der Waals surface area contributed by atoms with Crippen LogP contribution in [0.15, 0.2) is 24.3 Å². The van der Waals surface area contributed by atoms with Crippen molar-refractivity contribution in [1.82, 2.24) is 4.90 Å². The molecule has 1 fully saturated rings. The van der Waals surface area contributed by atoms with E-state index in [4.69, 9.17) is 10.00 Å². The number of hydrogen-bond donors (Lipinski definition) is 2. The minimum atomic E-state index is -0.800. The van der Waals surface area contributed by atoms with Gasteiger partial charge in [0.05, 0.1) is 24.3 Å². The highest BCUT2D eigenvalue weighted by molar-refractivity contribution is 5.97. The standard InChI is InChI=1S/C17H21N3O4/c1-17(2,3)24-16(23)20-10-13(21)8-14(20)15(22)19-12-6-4-11(9-18)5-7-12/h4-7,13-14,21H,8,10H2,1-3H3,(H,19,22)/t13-,14+/m1/s1. The van der Waals surface area contributed by atoms with E-state index in [1.165, 1.54) is 4.90 Å². The number of ether oxygens (including phenoxy) is 1. The van der Waals surface area contributed by atoms with E-state index in [-0.39, 0.29) is 13.0 Å². The first-order chi connectivity index (χ1) is 11.2. The van der Waals surface area contributed by atoms with Crippen LogP contribution >= 0.6 is 0 Å². The minimum Gasteiger partial charge on any atom is -0.444 e. The zero-order valence-corrected chi connectivity index (χ0v) is 13.9. The summed E-state index contributed by atoms with van der Waals surface area (Å²) < 4.78 is 5.29. The second-order valence-corrected chi connectivity index (χ2v) is 6.72. The van der Waals surface area contributed by atoms with Crippen molar-refractivity contribution >= 4 is 17.7 Å². The van der Waals surface area contributed by atoms with Gasteiger partial charge in [0.1, 0.15) is 11.6 Å². The molecule has 0 radical (unpaired) electrons. The molecule has 0 aromatic heterocycles. The number of nitrogens with one attached hydrogen (secondary N) is 1. The number of rotatable bonds is 2. The van der Waals surface area contributed by atoms with E-state index in [1.807, 2.05) is 6.07 Å². The topological polar surface area (TPSA) is 103 Å². The van der Waals surface area contributed by atoms with Crippen LogP contribution in [0.3, 0.4) is 0 Å². The van der Waals surface area contributed by atoms with Crippen molar-refractivity contribution in [1.29, 1.82) is 5.26 Å². The number of hydrogen-bond acceptors (Lipinski definition) is 5. The zero-order valence-electron chi connectivity index (χ0n) is 13.9. The lowest BCUT2D eigenvalue weighted by molar-refractivity contribution is -0.120. The Kier molecular flexibility index (Phi) is 5.10. The maximum absolute atomic E-state index is 12.5. The van der Waals surface area contributed by atoms with E-state index < -0.39 is 29.7 Å². The average molecular weight is 331 g/mol. The van der Waals surface area contributed by atoms with Gasteiger partial charge in [0.2, 0.25) is 5.91 Å². The molecule has 2 atom stereocenters. The van der Waals surface area contributed by atoms with Gasteiger partial charge in [-0.2, -0.15) is 5.26 Å². The molecule has 2 amide bonds. The monoisotopic (exact) mass is 331 g/mol. The molecular formula is C17H21N3O4. The molecular weight excluding hydrogens is 310 g/mol. The van der Waals surface area contributed by atoms with Crippen molar-refractivity contribution in [3.05, 3.63) is 29.8 Å². The number of anilines is 1. The van der Waals surface area contributed by atoms with Crippen molar-refractivity contribution in [2.75, 3.05) is 11.9 Å². The summed E-state index contributed by atoms with van der Waals surface area (Å²) >= 11 is 0. The number of β-amino-alcohol motifs (C(OH)–C–C–N with tert-alkyl or cyclic N) is 1. The second kappa shape index (κ2) is 6.89. The quantitative estimate of drug-likeness (QED) is 0.861. The lowest BCUT2D eigenvalue weighted by Gasteiger charge is -2.27. The van der Waals surface area contributed by atoms with E-state index in [1.54, 1.807) is 45.0 Å². The molecule has 7 nitrogen and oxygen atoms in total. The smallest absolute Gasteiger partial charge is 0.411 e. The summed E-state index contributed by atoms with van der Waals surface area (Å²) in [6, 6.07) is 7.59. The molecule has 0 aliphatic carbocycles.